The van der Waals surface area contributed by atoms with E-state index in [9.17, 15) is 4.79 Å². The fraction of sp³-hybridized carbons (Fsp3) is 0.650. The van der Waals surface area contributed by atoms with Gasteiger partial charge in [0.15, 0.2) is 0 Å². The van der Waals surface area contributed by atoms with Crippen LogP contribution < -0.4 is 0 Å². The number of carbonyl (C=O) groups excluding carboxylic acids is 1. The molecule has 2 saturated heterocycles. The van der Waals surface area contributed by atoms with Crippen molar-refractivity contribution in [2.45, 2.75) is 38.6 Å². The van der Waals surface area contributed by atoms with Crippen LogP contribution >= 0.6 is 0 Å². The second-order valence-electron chi connectivity index (χ2n) is 8.53. The van der Waals surface area contributed by atoms with Gasteiger partial charge in [0.2, 0.25) is 0 Å². The molecule has 0 N–H and O–H groups in total. The van der Waals surface area contributed by atoms with Crippen molar-refractivity contribution in [2.24, 2.45) is 19.5 Å². The van der Waals surface area contributed by atoms with Crippen molar-refractivity contribution in [3.8, 4) is 0 Å². The van der Waals surface area contributed by atoms with E-state index in [1.54, 1.807) is 6.33 Å². The minimum Gasteiger partial charge on any atom is -0.347 e. The van der Waals surface area contributed by atoms with Crippen LogP contribution in [-0.2, 0) is 14.1 Å². The third-order valence-electron chi connectivity index (χ3n) is 6.68. The van der Waals surface area contributed by atoms with Gasteiger partial charge in [-0.3, -0.25) is 4.79 Å². The molecular formula is C20H30N6O. The lowest BCUT2D eigenvalue weighted by molar-refractivity contribution is 0.0640. The molecule has 2 aliphatic rings. The van der Waals surface area contributed by atoms with Crippen molar-refractivity contribution >= 4 is 5.91 Å². The van der Waals surface area contributed by atoms with Crippen LogP contribution in [0.25, 0.3) is 0 Å². The number of amides is 1. The highest BCUT2D eigenvalue weighted by Gasteiger charge is 2.51. The Morgan fingerprint density at radius 3 is 2.52 bits per heavy atom. The maximum atomic E-state index is 13.2. The highest BCUT2D eigenvalue weighted by atomic mass is 16.2. The molecular weight excluding hydrogens is 340 g/mol. The Hall–Kier alpha value is -2.15. The van der Waals surface area contributed by atoms with Crippen molar-refractivity contribution in [3.63, 3.8) is 0 Å². The summed E-state index contributed by atoms with van der Waals surface area (Å²) in [7, 11) is 3.94. The maximum Gasteiger partial charge on any atom is 0.270 e. The number of aryl methyl sites for hydroxylation is 2. The Bertz CT molecular complexity index is 814. The summed E-state index contributed by atoms with van der Waals surface area (Å²) in [4.78, 5) is 17.8. The number of aromatic nitrogens is 4. The number of hydrogen-bond donors (Lipinski definition) is 0. The first-order chi connectivity index (χ1) is 12.9. The monoisotopic (exact) mass is 370 g/mol. The summed E-state index contributed by atoms with van der Waals surface area (Å²) in [6.07, 6.45) is 5.90. The molecule has 4 rings (SSSR count). The lowest BCUT2D eigenvalue weighted by Gasteiger charge is -2.43. The Balaban J connectivity index is 1.63. The highest BCUT2D eigenvalue weighted by Crippen LogP contribution is 2.49. The normalized spacial score (nSPS) is 22.9. The zero-order valence-corrected chi connectivity index (χ0v) is 16.8. The predicted octanol–water partition coefficient (Wildman–Crippen LogP) is 1.88. The van der Waals surface area contributed by atoms with E-state index in [-0.39, 0.29) is 17.2 Å². The summed E-state index contributed by atoms with van der Waals surface area (Å²) in [5.74, 6) is 1.37. The summed E-state index contributed by atoms with van der Waals surface area (Å²) in [6, 6.07) is 4.41. The van der Waals surface area contributed by atoms with Crippen LogP contribution in [0, 0.1) is 5.41 Å². The molecule has 2 aromatic rings. The van der Waals surface area contributed by atoms with Crippen LogP contribution in [-0.4, -0.2) is 67.3 Å². The molecule has 2 aromatic heterocycles. The zero-order valence-electron chi connectivity index (χ0n) is 16.8. The first kappa shape index (κ1) is 18.2. The summed E-state index contributed by atoms with van der Waals surface area (Å²) in [5, 5.41) is 8.55. The molecule has 7 heteroatoms. The maximum absolute atomic E-state index is 13.2. The number of carbonyl (C=O) groups is 1. The molecule has 0 saturated carbocycles. The molecule has 7 nitrogen and oxygen atoms in total. The van der Waals surface area contributed by atoms with E-state index in [1.165, 1.54) is 0 Å². The molecule has 0 aromatic carbocycles. The molecule has 146 valence electrons. The van der Waals surface area contributed by atoms with E-state index in [4.69, 9.17) is 0 Å². The van der Waals surface area contributed by atoms with Crippen LogP contribution in [0.4, 0.5) is 0 Å². The molecule has 2 aliphatic heterocycles. The van der Waals surface area contributed by atoms with Crippen molar-refractivity contribution in [1.29, 1.82) is 0 Å². The number of rotatable bonds is 3. The molecule has 27 heavy (non-hydrogen) atoms. The van der Waals surface area contributed by atoms with Crippen LogP contribution in [0.5, 0.6) is 0 Å². The molecule has 4 heterocycles. The van der Waals surface area contributed by atoms with Crippen molar-refractivity contribution in [1.82, 2.24) is 29.1 Å². The Kier molecular flexibility index (Phi) is 4.58. The largest absolute Gasteiger partial charge is 0.347 e. The number of nitrogens with zero attached hydrogens (tertiary/aromatic N) is 6. The van der Waals surface area contributed by atoms with Gasteiger partial charge in [-0.05, 0) is 51.9 Å². The van der Waals surface area contributed by atoms with Crippen molar-refractivity contribution in [3.05, 3.63) is 36.2 Å². The highest BCUT2D eigenvalue weighted by molar-refractivity contribution is 5.93. The molecule has 2 fully saturated rings. The minimum atomic E-state index is 0.0903. The number of piperidine rings is 1. The van der Waals surface area contributed by atoms with E-state index in [1.807, 2.05) is 46.5 Å². The molecule has 0 aliphatic carbocycles. The quantitative estimate of drug-likeness (QED) is 0.828. The van der Waals surface area contributed by atoms with Crippen molar-refractivity contribution in [2.75, 3.05) is 26.2 Å². The first-order valence-corrected chi connectivity index (χ1v) is 9.90. The Morgan fingerprint density at radius 2 is 1.96 bits per heavy atom. The summed E-state index contributed by atoms with van der Waals surface area (Å²) >= 11 is 0. The standard InChI is InChI=1S/C20H30N6O/c1-15(2)25-10-7-20(8-11-25)13-26(19(27)17-6-5-9-23(17)3)12-16(20)18-22-21-14-24(18)4/h5-6,9,14-16H,7-8,10-13H2,1-4H3. The van der Waals surface area contributed by atoms with Gasteiger partial charge in [0.05, 0.1) is 0 Å². The van der Waals surface area contributed by atoms with E-state index >= 15 is 0 Å². The number of hydrogen-bond acceptors (Lipinski definition) is 4. The van der Waals surface area contributed by atoms with Gasteiger partial charge in [-0.2, -0.15) is 0 Å². The third kappa shape index (κ3) is 3.08. The fourth-order valence-corrected chi connectivity index (χ4v) is 4.92. The molecule has 0 bridgehead atoms. The van der Waals surface area contributed by atoms with Crippen LogP contribution in [0.3, 0.4) is 0 Å². The lowest BCUT2D eigenvalue weighted by atomic mass is 9.70. The van der Waals surface area contributed by atoms with Gasteiger partial charge in [0.25, 0.3) is 5.91 Å². The van der Waals surface area contributed by atoms with Crippen LogP contribution in [0.1, 0.15) is 48.9 Å². The average Bonchev–Trinajstić information content (AvgIpc) is 3.34. The van der Waals surface area contributed by atoms with Gasteiger partial charge in [0, 0.05) is 50.8 Å². The van der Waals surface area contributed by atoms with E-state index in [0.29, 0.717) is 6.04 Å². The minimum absolute atomic E-state index is 0.0903. The van der Waals surface area contributed by atoms with Crippen LogP contribution in [0.15, 0.2) is 24.7 Å². The molecule has 0 radical (unpaired) electrons. The first-order valence-electron chi connectivity index (χ1n) is 9.90. The molecule has 1 atom stereocenters. The second kappa shape index (κ2) is 6.78. The van der Waals surface area contributed by atoms with Gasteiger partial charge >= 0.3 is 0 Å². The second-order valence-corrected chi connectivity index (χ2v) is 8.53. The smallest absolute Gasteiger partial charge is 0.270 e. The number of likely N-dealkylation sites (tertiary alicyclic amines) is 2. The summed E-state index contributed by atoms with van der Waals surface area (Å²) in [6.45, 7) is 8.21. The predicted molar refractivity (Wildman–Crippen MR) is 103 cm³/mol. The topological polar surface area (TPSA) is 59.2 Å². The Labute approximate surface area is 161 Å². The summed E-state index contributed by atoms with van der Waals surface area (Å²) < 4.78 is 3.93. The van der Waals surface area contributed by atoms with Gasteiger partial charge in [-0.1, -0.05) is 0 Å². The fourth-order valence-electron chi connectivity index (χ4n) is 4.92. The SMILES string of the molecule is CC(C)N1CCC2(CC1)CN(C(=O)c1cccn1C)CC2c1nncn1C. The van der Waals surface area contributed by atoms with Gasteiger partial charge in [-0.25, -0.2) is 0 Å². The van der Waals surface area contributed by atoms with Gasteiger partial charge in [-0.15, -0.1) is 10.2 Å². The van der Waals surface area contributed by atoms with Gasteiger partial charge in [0.1, 0.15) is 17.8 Å². The molecule has 1 amide bonds. The zero-order chi connectivity index (χ0) is 19.2. The summed E-state index contributed by atoms with van der Waals surface area (Å²) in [5.41, 5.74) is 0.843. The third-order valence-corrected chi connectivity index (χ3v) is 6.68. The van der Waals surface area contributed by atoms with E-state index in [2.05, 4.69) is 28.9 Å². The lowest BCUT2D eigenvalue weighted by Crippen LogP contribution is -2.46. The van der Waals surface area contributed by atoms with Crippen molar-refractivity contribution < 1.29 is 4.79 Å². The molecule has 1 unspecified atom stereocenters. The van der Waals surface area contributed by atoms with E-state index in [0.717, 1.165) is 50.5 Å². The Morgan fingerprint density at radius 1 is 1.22 bits per heavy atom. The van der Waals surface area contributed by atoms with Gasteiger partial charge < -0.3 is 18.9 Å². The average molecular weight is 371 g/mol. The van der Waals surface area contributed by atoms with E-state index < -0.39 is 0 Å². The van der Waals surface area contributed by atoms with Crippen LogP contribution in [0.2, 0.25) is 0 Å². The molecule has 1 spiro atoms.